The number of nitrogens with zero attached hydrogens (tertiary/aromatic N) is 1. The van der Waals surface area contributed by atoms with Gasteiger partial charge in [0.15, 0.2) is 0 Å². The molecule has 22 heavy (non-hydrogen) atoms. The van der Waals surface area contributed by atoms with E-state index in [2.05, 4.69) is 6.07 Å². The lowest BCUT2D eigenvalue weighted by Crippen LogP contribution is -2.42. The Hall–Kier alpha value is -1.55. The summed E-state index contributed by atoms with van der Waals surface area (Å²) in [6, 6.07) is 8.78. The Bertz CT molecular complexity index is 524. The maximum atomic E-state index is 12.7. The second-order valence-electron chi connectivity index (χ2n) is 6.65. The number of nitrogens with two attached hydrogens (primary N) is 1. The first-order chi connectivity index (χ1) is 10.6. The van der Waals surface area contributed by atoms with E-state index in [9.17, 15) is 4.79 Å². The number of para-hydroxylation sites is 1. The Kier molecular flexibility index (Phi) is 4.67. The normalized spacial score (nSPS) is 27.6. The van der Waals surface area contributed by atoms with Gasteiger partial charge in [0, 0.05) is 25.6 Å². The van der Waals surface area contributed by atoms with Gasteiger partial charge in [-0.05, 0) is 49.7 Å². The third-order valence-corrected chi connectivity index (χ3v) is 5.19. The van der Waals surface area contributed by atoms with Crippen LogP contribution < -0.4 is 10.5 Å². The predicted octanol–water partition coefficient (Wildman–Crippen LogP) is 2.67. The first-order valence-corrected chi connectivity index (χ1v) is 8.38. The van der Waals surface area contributed by atoms with Crippen LogP contribution >= 0.6 is 0 Å². The summed E-state index contributed by atoms with van der Waals surface area (Å²) in [5.41, 5.74) is 7.14. The van der Waals surface area contributed by atoms with Crippen LogP contribution in [0.1, 0.15) is 50.0 Å². The highest BCUT2D eigenvalue weighted by Crippen LogP contribution is 2.36. The van der Waals surface area contributed by atoms with Crippen molar-refractivity contribution in [2.75, 3.05) is 13.7 Å². The van der Waals surface area contributed by atoms with Crippen LogP contribution in [0.4, 0.5) is 0 Å². The lowest BCUT2D eigenvalue weighted by atomic mass is 9.88. The number of hydrogen-bond donors (Lipinski definition) is 1. The highest BCUT2D eigenvalue weighted by Gasteiger charge is 2.29. The molecule has 0 radical (unpaired) electrons. The maximum Gasteiger partial charge on any atom is 0.223 e. The number of benzene rings is 1. The van der Waals surface area contributed by atoms with Gasteiger partial charge in [-0.3, -0.25) is 4.79 Å². The number of carbonyl (C=O) groups is 1. The van der Waals surface area contributed by atoms with Gasteiger partial charge >= 0.3 is 0 Å². The second kappa shape index (κ2) is 6.69. The minimum atomic E-state index is 0.252. The molecule has 2 N–H and O–H groups in total. The van der Waals surface area contributed by atoms with Crippen molar-refractivity contribution in [2.45, 2.75) is 56.5 Å². The molecule has 1 saturated carbocycles. The number of rotatable bonds is 3. The number of fused-ring (bicyclic) bond motifs is 1. The Morgan fingerprint density at radius 3 is 2.73 bits per heavy atom. The van der Waals surface area contributed by atoms with Gasteiger partial charge in [-0.25, -0.2) is 0 Å². The van der Waals surface area contributed by atoms with Crippen LogP contribution in [0.15, 0.2) is 24.3 Å². The standard InChI is InChI=1S/C18H26N2O2/c1-20(15-8-6-14(19)7-9-15)18(21)12-13-10-11-22-17-5-3-2-4-16(13)17/h2-5,13-15H,6-12,19H2,1H3/t13-,14?,15?/m1/s1. The van der Waals surface area contributed by atoms with Crippen molar-refractivity contribution < 1.29 is 9.53 Å². The van der Waals surface area contributed by atoms with Crippen molar-refractivity contribution in [1.29, 1.82) is 0 Å². The van der Waals surface area contributed by atoms with Crippen LogP contribution in [0.2, 0.25) is 0 Å². The average molecular weight is 302 g/mol. The molecule has 1 aliphatic carbocycles. The molecule has 0 unspecified atom stereocenters. The van der Waals surface area contributed by atoms with E-state index in [1.165, 1.54) is 5.56 Å². The van der Waals surface area contributed by atoms with Gasteiger partial charge in [-0.1, -0.05) is 18.2 Å². The van der Waals surface area contributed by atoms with E-state index in [1.807, 2.05) is 30.1 Å². The van der Waals surface area contributed by atoms with Crippen LogP contribution in [-0.2, 0) is 4.79 Å². The third kappa shape index (κ3) is 3.27. The quantitative estimate of drug-likeness (QED) is 0.934. The van der Waals surface area contributed by atoms with Crippen molar-refractivity contribution in [1.82, 2.24) is 4.90 Å². The van der Waals surface area contributed by atoms with Gasteiger partial charge < -0.3 is 15.4 Å². The van der Waals surface area contributed by atoms with E-state index in [0.29, 0.717) is 25.1 Å². The Labute approximate surface area is 132 Å². The van der Waals surface area contributed by atoms with Gasteiger partial charge in [0.05, 0.1) is 6.61 Å². The van der Waals surface area contributed by atoms with Crippen LogP contribution in [0.5, 0.6) is 5.75 Å². The molecule has 1 aliphatic heterocycles. The minimum absolute atomic E-state index is 0.252. The molecule has 1 atom stereocenters. The fourth-order valence-electron chi connectivity index (χ4n) is 3.68. The molecule has 3 rings (SSSR count). The van der Waals surface area contributed by atoms with E-state index >= 15 is 0 Å². The summed E-state index contributed by atoms with van der Waals surface area (Å²) in [5.74, 6) is 1.48. The smallest absolute Gasteiger partial charge is 0.223 e. The predicted molar refractivity (Wildman–Crippen MR) is 86.9 cm³/mol. The van der Waals surface area contributed by atoms with Crippen molar-refractivity contribution >= 4 is 5.91 Å². The first-order valence-electron chi connectivity index (χ1n) is 8.38. The fraction of sp³-hybridized carbons (Fsp3) is 0.611. The largest absolute Gasteiger partial charge is 0.493 e. The molecule has 1 aromatic carbocycles. The van der Waals surface area contributed by atoms with Crippen molar-refractivity contribution in [3.63, 3.8) is 0 Å². The zero-order valence-electron chi connectivity index (χ0n) is 13.3. The third-order valence-electron chi connectivity index (χ3n) is 5.19. The Morgan fingerprint density at radius 1 is 1.23 bits per heavy atom. The lowest BCUT2D eigenvalue weighted by molar-refractivity contribution is -0.133. The van der Waals surface area contributed by atoms with Crippen molar-refractivity contribution in [2.24, 2.45) is 5.73 Å². The van der Waals surface area contributed by atoms with E-state index in [0.717, 1.165) is 37.9 Å². The molecule has 2 aliphatic rings. The molecular formula is C18H26N2O2. The van der Waals surface area contributed by atoms with Crippen molar-refractivity contribution in [3.8, 4) is 5.75 Å². The van der Waals surface area contributed by atoms with E-state index in [4.69, 9.17) is 10.5 Å². The molecule has 0 aromatic heterocycles. The second-order valence-corrected chi connectivity index (χ2v) is 6.65. The van der Waals surface area contributed by atoms with Crippen LogP contribution in [0.25, 0.3) is 0 Å². The maximum absolute atomic E-state index is 12.7. The molecule has 4 heteroatoms. The van der Waals surface area contributed by atoms with E-state index in [-0.39, 0.29) is 11.8 Å². The molecule has 1 amide bonds. The van der Waals surface area contributed by atoms with Crippen LogP contribution in [-0.4, -0.2) is 36.5 Å². The zero-order chi connectivity index (χ0) is 15.5. The van der Waals surface area contributed by atoms with Crippen LogP contribution in [0, 0.1) is 0 Å². The van der Waals surface area contributed by atoms with E-state index < -0.39 is 0 Å². The summed E-state index contributed by atoms with van der Waals surface area (Å²) in [5, 5.41) is 0. The molecule has 1 fully saturated rings. The molecular weight excluding hydrogens is 276 g/mol. The first kappa shape index (κ1) is 15.3. The molecule has 0 saturated heterocycles. The summed E-state index contributed by atoms with van der Waals surface area (Å²) in [7, 11) is 1.95. The van der Waals surface area contributed by atoms with Crippen molar-refractivity contribution in [3.05, 3.63) is 29.8 Å². The SMILES string of the molecule is CN(C(=O)C[C@H]1CCOc2ccccc21)C1CCC(N)CC1. The topological polar surface area (TPSA) is 55.6 Å². The molecule has 0 bridgehead atoms. The van der Waals surface area contributed by atoms with Crippen LogP contribution in [0.3, 0.4) is 0 Å². The average Bonchev–Trinajstić information content (AvgIpc) is 2.55. The molecule has 1 aromatic rings. The lowest BCUT2D eigenvalue weighted by Gasteiger charge is -2.35. The molecule has 120 valence electrons. The monoisotopic (exact) mass is 302 g/mol. The van der Waals surface area contributed by atoms with Gasteiger partial charge in [0.1, 0.15) is 5.75 Å². The van der Waals surface area contributed by atoms with Gasteiger partial charge in [0.2, 0.25) is 5.91 Å². The van der Waals surface area contributed by atoms with Gasteiger partial charge in [-0.15, -0.1) is 0 Å². The summed E-state index contributed by atoms with van der Waals surface area (Å²) in [6.45, 7) is 0.705. The molecule has 4 nitrogen and oxygen atoms in total. The van der Waals surface area contributed by atoms with E-state index in [1.54, 1.807) is 0 Å². The highest BCUT2D eigenvalue weighted by molar-refractivity contribution is 5.77. The molecule has 1 heterocycles. The highest BCUT2D eigenvalue weighted by atomic mass is 16.5. The fourth-order valence-corrected chi connectivity index (χ4v) is 3.68. The summed E-state index contributed by atoms with van der Waals surface area (Å²) in [4.78, 5) is 14.6. The Morgan fingerprint density at radius 2 is 1.95 bits per heavy atom. The van der Waals surface area contributed by atoms with Gasteiger partial charge in [0.25, 0.3) is 0 Å². The summed E-state index contributed by atoms with van der Waals surface area (Å²) in [6.07, 6.45) is 5.64. The minimum Gasteiger partial charge on any atom is -0.493 e. The summed E-state index contributed by atoms with van der Waals surface area (Å²) < 4.78 is 5.69. The molecule has 0 spiro atoms. The number of hydrogen-bond acceptors (Lipinski definition) is 3. The summed E-state index contributed by atoms with van der Waals surface area (Å²) >= 11 is 0. The zero-order valence-corrected chi connectivity index (χ0v) is 13.3. The van der Waals surface area contributed by atoms with Gasteiger partial charge in [-0.2, -0.15) is 0 Å². The number of carbonyl (C=O) groups excluding carboxylic acids is 1. The number of ether oxygens (including phenoxy) is 1. The Balaban J connectivity index is 1.62. The number of amides is 1.